The third kappa shape index (κ3) is 13.3. The first-order valence-electron chi connectivity index (χ1n) is 21.1. The molecule has 0 saturated heterocycles. The number of anilines is 4. The van der Waals surface area contributed by atoms with Gasteiger partial charge in [0.2, 0.25) is 0 Å². The molecule has 2 unspecified atom stereocenters. The Balaban J connectivity index is 0.902. The molecule has 2 aliphatic carbocycles. The van der Waals surface area contributed by atoms with Crippen molar-refractivity contribution >= 4 is 22.7 Å². The van der Waals surface area contributed by atoms with Crippen LogP contribution in [0.1, 0.15) is 64.2 Å². The van der Waals surface area contributed by atoms with E-state index in [1.54, 1.807) is 28.4 Å². The fraction of sp³-hybridized carbons (Fsp3) is 0.360. The lowest BCUT2D eigenvalue weighted by atomic mass is 10.0. The van der Waals surface area contributed by atoms with Crippen LogP contribution in [0.15, 0.2) is 145 Å². The molecule has 2 aliphatic rings. The molecule has 0 spiro atoms. The first-order valence-corrected chi connectivity index (χ1v) is 21.1. The summed E-state index contributed by atoms with van der Waals surface area (Å²) in [6.07, 6.45) is 23.3. The van der Waals surface area contributed by atoms with Crippen LogP contribution in [-0.4, -0.2) is 53.1 Å². The molecule has 4 N–H and O–H groups in total. The minimum Gasteiger partial charge on any atom is -0.497 e. The maximum atomic E-state index is 6.62. The van der Waals surface area contributed by atoms with Crippen LogP contribution < -0.4 is 40.2 Å². The van der Waals surface area contributed by atoms with Crippen molar-refractivity contribution in [1.82, 2.24) is 0 Å². The summed E-state index contributed by atoms with van der Waals surface area (Å²) < 4.78 is 34.6. The molecule has 0 amide bonds. The first-order chi connectivity index (χ1) is 29.4. The SMILES string of the molecule is COc1ccc(NC2=CCC(Nc3ccc(OC)cc3)(OCCCCCCCCCCOC3(Nc4ccc(OC)cc4)C=CC(Nc4ccc(OC)cc4)=CC3)C=C2)cc1. The topological polar surface area (TPSA) is 104 Å². The second-order valence-electron chi connectivity index (χ2n) is 15.1. The second kappa shape index (κ2) is 22.5. The summed E-state index contributed by atoms with van der Waals surface area (Å²) >= 11 is 0. The molecule has 10 heteroatoms. The van der Waals surface area contributed by atoms with E-state index < -0.39 is 11.4 Å². The van der Waals surface area contributed by atoms with E-state index in [2.05, 4.69) is 57.7 Å². The van der Waals surface area contributed by atoms with Gasteiger partial charge in [0.25, 0.3) is 0 Å². The van der Waals surface area contributed by atoms with E-state index in [1.165, 1.54) is 25.7 Å². The van der Waals surface area contributed by atoms with Crippen molar-refractivity contribution < 1.29 is 28.4 Å². The molecule has 0 saturated carbocycles. The molecule has 0 fully saturated rings. The van der Waals surface area contributed by atoms with Gasteiger partial charge in [-0.1, -0.05) is 50.7 Å². The van der Waals surface area contributed by atoms with Crippen molar-refractivity contribution in [3.8, 4) is 23.0 Å². The molecule has 318 valence electrons. The van der Waals surface area contributed by atoms with Crippen molar-refractivity contribution in [2.24, 2.45) is 0 Å². The van der Waals surface area contributed by atoms with Crippen LogP contribution in [0.25, 0.3) is 0 Å². The minimum absolute atomic E-state index is 0.634. The molecule has 0 radical (unpaired) electrons. The van der Waals surface area contributed by atoms with Crippen LogP contribution >= 0.6 is 0 Å². The van der Waals surface area contributed by atoms with E-state index in [9.17, 15) is 0 Å². The van der Waals surface area contributed by atoms with Gasteiger partial charge >= 0.3 is 0 Å². The maximum Gasteiger partial charge on any atom is 0.161 e. The zero-order chi connectivity index (χ0) is 41.9. The molecular weight excluding hydrogens is 753 g/mol. The third-order valence-electron chi connectivity index (χ3n) is 10.7. The normalized spacial score (nSPS) is 18.2. The van der Waals surface area contributed by atoms with Crippen molar-refractivity contribution in [3.05, 3.63) is 145 Å². The summed E-state index contributed by atoms with van der Waals surface area (Å²) in [4.78, 5) is 0. The van der Waals surface area contributed by atoms with Gasteiger partial charge in [0, 0.05) is 60.2 Å². The van der Waals surface area contributed by atoms with Crippen molar-refractivity contribution in [3.63, 3.8) is 0 Å². The number of hydrogen-bond acceptors (Lipinski definition) is 10. The molecule has 10 nitrogen and oxygen atoms in total. The molecule has 60 heavy (non-hydrogen) atoms. The summed E-state index contributed by atoms with van der Waals surface area (Å²) in [5.74, 6) is 3.31. The van der Waals surface area contributed by atoms with Gasteiger partial charge in [-0.25, -0.2) is 0 Å². The van der Waals surface area contributed by atoms with Gasteiger partial charge in [-0.15, -0.1) is 0 Å². The highest BCUT2D eigenvalue weighted by Gasteiger charge is 2.30. The van der Waals surface area contributed by atoms with Crippen molar-refractivity contribution in [2.45, 2.75) is 75.7 Å². The third-order valence-corrected chi connectivity index (χ3v) is 10.7. The Morgan fingerprint density at radius 2 is 0.700 bits per heavy atom. The summed E-state index contributed by atoms with van der Waals surface area (Å²) in [6, 6.07) is 31.8. The van der Waals surface area contributed by atoms with E-state index in [4.69, 9.17) is 28.4 Å². The molecule has 0 aliphatic heterocycles. The van der Waals surface area contributed by atoms with Crippen LogP contribution in [0.2, 0.25) is 0 Å². The fourth-order valence-corrected chi connectivity index (χ4v) is 7.19. The van der Waals surface area contributed by atoms with Gasteiger partial charge in [-0.05, 0) is 134 Å². The Morgan fingerprint density at radius 1 is 0.400 bits per heavy atom. The smallest absolute Gasteiger partial charge is 0.161 e. The maximum absolute atomic E-state index is 6.62. The molecule has 0 bridgehead atoms. The Labute approximate surface area is 356 Å². The summed E-state index contributed by atoms with van der Waals surface area (Å²) in [5.41, 5.74) is 4.77. The van der Waals surface area contributed by atoms with Crippen LogP contribution in [0.3, 0.4) is 0 Å². The van der Waals surface area contributed by atoms with E-state index in [1.807, 2.05) is 97.1 Å². The van der Waals surface area contributed by atoms with E-state index in [0.717, 1.165) is 82.8 Å². The zero-order valence-corrected chi connectivity index (χ0v) is 35.6. The second-order valence-corrected chi connectivity index (χ2v) is 15.1. The van der Waals surface area contributed by atoms with Crippen molar-refractivity contribution in [2.75, 3.05) is 62.9 Å². The fourth-order valence-electron chi connectivity index (χ4n) is 7.19. The number of benzene rings is 4. The number of nitrogens with one attached hydrogen (secondary N) is 4. The summed E-state index contributed by atoms with van der Waals surface area (Å²) in [7, 11) is 6.71. The average Bonchev–Trinajstić information content (AvgIpc) is 3.29. The van der Waals surface area contributed by atoms with Gasteiger partial charge in [-0.2, -0.15) is 0 Å². The highest BCUT2D eigenvalue weighted by atomic mass is 16.5. The molecule has 0 aromatic heterocycles. The summed E-state index contributed by atoms with van der Waals surface area (Å²) in [5, 5.41) is 14.3. The van der Waals surface area contributed by atoms with E-state index in [0.29, 0.717) is 26.1 Å². The Kier molecular flexibility index (Phi) is 16.4. The lowest BCUT2D eigenvalue weighted by Gasteiger charge is -2.34. The molecule has 6 rings (SSSR count). The lowest BCUT2D eigenvalue weighted by Crippen LogP contribution is -2.40. The van der Waals surface area contributed by atoms with Crippen LogP contribution in [0.4, 0.5) is 22.7 Å². The standard InChI is InChI=1S/C50H62N4O6/c1-55-45-21-13-39(14-22-45)51-41-29-33-49(34-30-41,53-43-17-25-47(57-3)26-18-43)59-37-11-9-7-5-6-8-10-12-38-60-50(54-44-19-27-48(58-4)28-20-44)35-31-42(32-36-50)52-40-15-23-46(56-2)24-16-40/h13-33,35,51-54H,5-12,34,36-38H2,1-4H3. The number of allylic oxidation sites excluding steroid dienone is 2. The van der Waals surface area contributed by atoms with E-state index >= 15 is 0 Å². The van der Waals surface area contributed by atoms with Gasteiger partial charge in [0.1, 0.15) is 23.0 Å². The van der Waals surface area contributed by atoms with Gasteiger partial charge in [0.15, 0.2) is 11.4 Å². The van der Waals surface area contributed by atoms with Crippen LogP contribution in [-0.2, 0) is 9.47 Å². The predicted molar refractivity (Wildman–Crippen MR) is 244 cm³/mol. The Morgan fingerprint density at radius 3 is 0.983 bits per heavy atom. The number of rotatable bonds is 25. The quantitative estimate of drug-likeness (QED) is 0.0382. The largest absolute Gasteiger partial charge is 0.497 e. The highest BCUT2D eigenvalue weighted by Crippen LogP contribution is 2.32. The number of methoxy groups -OCH3 is 4. The number of ether oxygens (including phenoxy) is 6. The van der Waals surface area contributed by atoms with Gasteiger partial charge < -0.3 is 49.7 Å². The zero-order valence-electron chi connectivity index (χ0n) is 35.6. The molecule has 0 heterocycles. The van der Waals surface area contributed by atoms with E-state index in [-0.39, 0.29) is 0 Å². The predicted octanol–water partition coefficient (Wildman–Crippen LogP) is 11.7. The lowest BCUT2D eigenvalue weighted by molar-refractivity contribution is 0.0111. The van der Waals surface area contributed by atoms with Crippen LogP contribution in [0.5, 0.6) is 23.0 Å². The van der Waals surface area contributed by atoms with Crippen LogP contribution in [0, 0.1) is 0 Å². The highest BCUT2D eigenvalue weighted by molar-refractivity contribution is 5.57. The van der Waals surface area contributed by atoms with Gasteiger partial charge in [-0.3, -0.25) is 0 Å². The van der Waals surface area contributed by atoms with Crippen molar-refractivity contribution in [1.29, 1.82) is 0 Å². The first kappa shape index (κ1) is 43.7. The number of unbranched alkanes of at least 4 members (excludes halogenated alkanes) is 7. The summed E-state index contributed by atoms with van der Waals surface area (Å²) in [6.45, 7) is 1.35. The average molecular weight is 815 g/mol. The van der Waals surface area contributed by atoms with Gasteiger partial charge in [0.05, 0.1) is 28.4 Å². The Bertz CT molecular complexity index is 1860. The molecule has 4 aromatic rings. The monoisotopic (exact) mass is 814 g/mol. The molecule has 2 atom stereocenters. The molecule has 4 aromatic carbocycles. The number of hydrogen-bond donors (Lipinski definition) is 4. The minimum atomic E-state index is -0.634. The molecular formula is C50H62N4O6. The Hall–Kier alpha value is -5.84.